The third-order valence-corrected chi connectivity index (χ3v) is 4.98. The van der Waals surface area contributed by atoms with E-state index in [1.807, 2.05) is 24.3 Å². The van der Waals surface area contributed by atoms with Gasteiger partial charge < -0.3 is 0 Å². The normalized spacial score (nSPS) is 12.1. The molecule has 10 nitrogen and oxygen atoms in total. The molecule has 2 aromatic heterocycles. The van der Waals surface area contributed by atoms with Crippen LogP contribution in [0.15, 0.2) is 42.7 Å². The Morgan fingerprint density at radius 2 is 1.44 bits per heavy atom. The molecule has 2 aromatic rings. The topological polar surface area (TPSA) is 147 Å². The van der Waals surface area contributed by atoms with E-state index in [2.05, 4.69) is 17.8 Å². The van der Waals surface area contributed by atoms with Gasteiger partial charge in [0, 0.05) is 18.0 Å². The summed E-state index contributed by atoms with van der Waals surface area (Å²) in [5.41, 5.74) is 2.25. The molecule has 0 N–H and O–H groups in total. The van der Waals surface area contributed by atoms with Crippen molar-refractivity contribution in [2.75, 3.05) is 18.8 Å². The van der Waals surface area contributed by atoms with Crippen LogP contribution in [0.5, 0.6) is 0 Å². The summed E-state index contributed by atoms with van der Waals surface area (Å²) in [6.45, 7) is -0.0542. The molecule has 0 bridgehead atoms. The third-order valence-electron chi connectivity index (χ3n) is 2.45. The third kappa shape index (κ3) is 11.4. The second kappa shape index (κ2) is 9.32. The Kier molecular flexibility index (Phi) is 7.98. The van der Waals surface area contributed by atoms with E-state index in [9.17, 15) is 25.3 Å². The first-order valence-corrected chi connectivity index (χ1v) is 12.5. The number of hydrogen-bond acceptors (Lipinski definition) is 10. The smallest absolute Gasteiger partial charge is 0.264 e. The number of pyridine rings is 2. The van der Waals surface area contributed by atoms with Crippen molar-refractivity contribution in [2.24, 2.45) is 0 Å². The Bertz CT molecular complexity index is 1020. The van der Waals surface area contributed by atoms with Gasteiger partial charge in [0.15, 0.2) is 0 Å². The Labute approximate surface area is 158 Å². The molecule has 0 radical (unpaired) electrons. The summed E-state index contributed by atoms with van der Waals surface area (Å²) >= 11 is 0. The Balaban J connectivity index is 0.000000345. The van der Waals surface area contributed by atoms with Crippen molar-refractivity contribution in [1.29, 1.82) is 0 Å². The fourth-order valence-electron chi connectivity index (χ4n) is 1.59. The van der Waals surface area contributed by atoms with Crippen molar-refractivity contribution in [2.45, 2.75) is 6.61 Å². The predicted molar refractivity (Wildman–Crippen MR) is 97.9 cm³/mol. The number of aromatic nitrogens is 2. The first-order chi connectivity index (χ1) is 12.3. The first-order valence-electron chi connectivity index (χ1n) is 7.07. The molecular formula is C14H18N2O8S3. The molecule has 2 heterocycles. The summed E-state index contributed by atoms with van der Waals surface area (Å²) in [5.74, 6) is 0. The molecule has 0 saturated carbocycles. The van der Waals surface area contributed by atoms with Crippen LogP contribution in [0, 0.1) is 0 Å². The fourth-order valence-corrected chi connectivity index (χ4v) is 3.72. The molecule has 0 aliphatic heterocycles. The van der Waals surface area contributed by atoms with Gasteiger partial charge in [0.2, 0.25) is 0 Å². The van der Waals surface area contributed by atoms with Crippen LogP contribution in [0.1, 0.15) is 5.69 Å². The van der Waals surface area contributed by atoms with Gasteiger partial charge in [0.25, 0.3) is 30.4 Å². The number of nitrogens with zero attached hydrogens (tertiary/aromatic N) is 2. The van der Waals surface area contributed by atoms with E-state index in [0.717, 1.165) is 17.5 Å². The van der Waals surface area contributed by atoms with Crippen LogP contribution < -0.4 is 0 Å². The highest BCUT2D eigenvalue weighted by Gasteiger charge is 2.10. The zero-order valence-corrected chi connectivity index (χ0v) is 17.1. The van der Waals surface area contributed by atoms with Crippen LogP contribution in [0.25, 0.3) is 11.3 Å². The van der Waals surface area contributed by atoms with Gasteiger partial charge in [-0.15, -0.1) is 3.63 Å². The fraction of sp³-hybridized carbons (Fsp3) is 0.286. The lowest BCUT2D eigenvalue weighted by molar-refractivity contribution is 0.307. The maximum Gasteiger partial charge on any atom is 0.278 e. The van der Waals surface area contributed by atoms with Gasteiger partial charge in [-0.1, -0.05) is 6.07 Å². The molecule has 0 aliphatic rings. The average Bonchev–Trinajstić information content (AvgIpc) is 2.51. The minimum Gasteiger partial charge on any atom is -0.264 e. The van der Waals surface area contributed by atoms with Gasteiger partial charge in [0.05, 0.1) is 30.2 Å². The van der Waals surface area contributed by atoms with Gasteiger partial charge in [0.1, 0.15) is 6.61 Å². The van der Waals surface area contributed by atoms with Crippen LogP contribution in [0.3, 0.4) is 0 Å². The molecule has 0 unspecified atom stereocenters. The van der Waals surface area contributed by atoms with Crippen LogP contribution in [0.4, 0.5) is 0 Å². The minimum absolute atomic E-state index is 0.0542. The molecule has 2 rings (SSSR count). The van der Waals surface area contributed by atoms with Gasteiger partial charge >= 0.3 is 0 Å². The highest BCUT2D eigenvalue weighted by atomic mass is 32.3. The molecule has 27 heavy (non-hydrogen) atoms. The lowest BCUT2D eigenvalue weighted by atomic mass is 10.2. The van der Waals surface area contributed by atoms with E-state index >= 15 is 0 Å². The lowest BCUT2D eigenvalue weighted by Gasteiger charge is -2.03. The van der Waals surface area contributed by atoms with Crippen LogP contribution in [-0.4, -0.2) is 54.0 Å². The molecule has 0 aliphatic carbocycles. The maximum atomic E-state index is 10.8. The largest absolute Gasteiger partial charge is 0.278 e. The van der Waals surface area contributed by atoms with E-state index in [-0.39, 0.29) is 6.61 Å². The van der Waals surface area contributed by atoms with Crippen molar-refractivity contribution in [3.8, 4) is 11.3 Å². The summed E-state index contributed by atoms with van der Waals surface area (Å²) in [5, 5.41) is 0. The van der Waals surface area contributed by atoms with Gasteiger partial charge in [-0.05, 0) is 24.3 Å². The molecule has 0 amide bonds. The standard InChI is InChI=1S/C12H12N2O3S.C2H6O5S2/c1-18(15,16)17-9-11-6-5-10(8-14-11)12-4-2-3-7-13-12;1-8(3,4)7-9(2,5)6/h2-8H,9H2,1H3;1-2H3. The summed E-state index contributed by atoms with van der Waals surface area (Å²) < 4.78 is 70.1. The van der Waals surface area contributed by atoms with E-state index in [1.54, 1.807) is 18.5 Å². The van der Waals surface area contributed by atoms with Crippen LogP contribution >= 0.6 is 0 Å². The van der Waals surface area contributed by atoms with E-state index < -0.39 is 30.4 Å². The summed E-state index contributed by atoms with van der Waals surface area (Å²) in [7, 11) is -11.2. The lowest BCUT2D eigenvalue weighted by Crippen LogP contribution is -2.09. The van der Waals surface area contributed by atoms with E-state index in [0.29, 0.717) is 18.2 Å². The molecule has 150 valence electrons. The molecule has 0 atom stereocenters. The van der Waals surface area contributed by atoms with Crippen molar-refractivity contribution in [1.82, 2.24) is 9.97 Å². The number of hydrogen-bond donors (Lipinski definition) is 0. The van der Waals surface area contributed by atoms with E-state index in [4.69, 9.17) is 0 Å². The van der Waals surface area contributed by atoms with Gasteiger partial charge in [-0.2, -0.15) is 25.3 Å². The SMILES string of the molecule is CS(=O)(=O)OCc1ccc(-c2ccccn2)cn1.CS(=O)(=O)OS(C)(=O)=O. The molecular weight excluding hydrogens is 420 g/mol. The molecule has 13 heteroatoms. The van der Waals surface area contributed by atoms with Crippen molar-refractivity contribution in [3.63, 3.8) is 0 Å². The van der Waals surface area contributed by atoms with Crippen LogP contribution in [-0.2, 0) is 44.8 Å². The molecule has 0 aromatic carbocycles. The minimum atomic E-state index is -3.87. The molecule has 0 spiro atoms. The second-order valence-electron chi connectivity index (χ2n) is 5.20. The van der Waals surface area contributed by atoms with Gasteiger partial charge in [-0.3, -0.25) is 14.2 Å². The molecule has 0 fully saturated rings. The summed E-state index contributed by atoms with van der Waals surface area (Å²) in [4.78, 5) is 8.33. The number of rotatable bonds is 6. The zero-order chi connectivity index (χ0) is 20.7. The highest BCUT2D eigenvalue weighted by Crippen LogP contribution is 2.15. The van der Waals surface area contributed by atoms with Crippen LogP contribution in [0.2, 0.25) is 0 Å². The zero-order valence-electron chi connectivity index (χ0n) is 14.6. The van der Waals surface area contributed by atoms with Crippen molar-refractivity contribution in [3.05, 3.63) is 48.4 Å². The Hall–Kier alpha value is -1.93. The Morgan fingerprint density at radius 1 is 0.815 bits per heavy atom. The maximum absolute atomic E-state index is 10.8. The monoisotopic (exact) mass is 438 g/mol. The second-order valence-corrected chi connectivity index (χ2v) is 10.2. The quantitative estimate of drug-likeness (QED) is 0.585. The van der Waals surface area contributed by atoms with Crippen molar-refractivity contribution < 1.29 is 33.1 Å². The average molecular weight is 439 g/mol. The predicted octanol–water partition coefficient (Wildman–Crippen LogP) is 0.542. The highest BCUT2D eigenvalue weighted by molar-refractivity contribution is 7.99. The molecule has 0 saturated heterocycles. The summed E-state index contributed by atoms with van der Waals surface area (Å²) in [6.07, 6.45) is 5.68. The van der Waals surface area contributed by atoms with Gasteiger partial charge in [-0.25, -0.2) is 0 Å². The first kappa shape index (κ1) is 23.1. The Morgan fingerprint density at radius 3 is 1.81 bits per heavy atom. The van der Waals surface area contributed by atoms with Crippen molar-refractivity contribution >= 4 is 30.4 Å². The summed E-state index contributed by atoms with van der Waals surface area (Å²) in [6, 6.07) is 9.16. The van der Waals surface area contributed by atoms with E-state index in [1.165, 1.54) is 0 Å².